The second kappa shape index (κ2) is 17.1. The lowest BCUT2D eigenvalue weighted by molar-refractivity contribution is -0.360. The molecule has 40 heavy (non-hydrogen) atoms. The number of hydrogen-bond acceptors (Lipinski definition) is 13. The third-order valence-electron chi connectivity index (χ3n) is 7.00. The number of carbonyl (C=O) groups excluding carboxylic acids is 1. The predicted octanol–water partition coefficient (Wildman–Crippen LogP) is 0.0334. The number of unbranched alkanes of at least 4 members (excludes halogenated alkanes) is 8. The molecule has 0 aromatic heterocycles. The van der Waals surface area contributed by atoms with Crippen molar-refractivity contribution in [3.8, 4) is 0 Å². The molecular weight excluding hydrogens is 532 g/mol. The van der Waals surface area contributed by atoms with E-state index in [9.17, 15) is 40.5 Å². The third kappa shape index (κ3) is 9.28. The molecule has 8 N–H and O–H groups in total. The molecule has 0 amide bonds. The molecule has 13 nitrogen and oxygen atoms in total. The number of aliphatic hydroxyl groups excluding tert-OH is 8. The van der Waals surface area contributed by atoms with Gasteiger partial charge in [0.1, 0.15) is 37.1 Å². The molecule has 232 valence electrons. The number of esters is 1. The number of aliphatic hydroxyl groups is 8. The van der Waals surface area contributed by atoms with Gasteiger partial charge >= 0.3 is 5.97 Å². The van der Waals surface area contributed by atoms with Gasteiger partial charge in [-0.05, 0) is 18.9 Å². The smallest absolute Gasteiger partial charge is 0.378 e. The summed E-state index contributed by atoms with van der Waals surface area (Å²) in [4.78, 5) is 12.4. The monoisotopic (exact) mass is 578 g/mol. The van der Waals surface area contributed by atoms with Gasteiger partial charge in [-0.3, -0.25) is 0 Å². The Bertz CT molecular complexity index is 818. The highest BCUT2D eigenvalue weighted by Gasteiger charge is 2.58. The molecule has 2 heterocycles. The van der Waals surface area contributed by atoms with Gasteiger partial charge in [-0.25, -0.2) is 4.79 Å². The van der Waals surface area contributed by atoms with Gasteiger partial charge in [0.2, 0.25) is 11.5 Å². The van der Waals surface area contributed by atoms with E-state index in [1.165, 1.54) is 44.8 Å². The van der Waals surface area contributed by atoms with Gasteiger partial charge in [-0.2, -0.15) is 0 Å². The van der Waals surface area contributed by atoms with Crippen LogP contribution in [0.5, 0.6) is 0 Å². The van der Waals surface area contributed by atoms with Crippen molar-refractivity contribution in [3.05, 3.63) is 23.9 Å². The molecule has 0 radical (unpaired) electrons. The summed E-state index contributed by atoms with van der Waals surface area (Å²) in [6, 6.07) is 0. The van der Waals surface area contributed by atoms with Gasteiger partial charge in [0.15, 0.2) is 11.9 Å². The van der Waals surface area contributed by atoms with Gasteiger partial charge in [0, 0.05) is 6.42 Å². The summed E-state index contributed by atoms with van der Waals surface area (Å²) in [6.45, 7) is 0.191. The molecule has 0 aromatic carbocycles. The maximum atomic E-state index is 12.4. The summed E-state index contributed by atoms with van der Waals surface area (Å²) >= 11 is 0. The highest BCUT2D eigenvalue weighted by atomic mass is 16.7. The molecular formula is C27H46O13. The lowest BCUT2D eigenvalue weighted by Gasteiger charge is -2.48. The van der Waals surface area contributed by atoms with Crippen LogP contribution in [0.25, 0.3) is 0 Å². The number of rotatable bonds is 19. The van der Waals surface area contributed by atoms with Crippen molar-refractivity contribution in [1.29, 1.82) is 0 Å². The Kier molecular flexibility index (Phi) is 14.6. The normalized spacial score (nSPS) is 30.5. The van der Waals surface area contributed by atoms with Crippen molar-refractivity contribution in [1.82, 2.24) is 0 Å². The average molecular weight is 579 g/mol. The van der Waals surface area contributed by atoms with E-state index in [2.05, 4.69) is 6.92 Å². The number of allylic oxidation sites excluding steroid dienone is 1. The first-order valence-electron chi connectivity index (χ1n) is 14.0. The Balaban J connectivity index is 2.04. The Morgan fingerprint density at radius 3 is 2.25 bits per heavy atom. The van der Waals surface area contributed by atoms with Crippen molar-refractivity contribution >= 4 is 5.97 Å². The minimum absolute atomic E-state index is 0.319. The van der Waals surface area contributed by atoms with Crippen LogP contribution in [0.3, 0.4) is 0 Å². The van der Waals surface area contributed by atoms with E-state index in [1.807, 2.05) is 0 Å². The van der Waals surface area contributed by atoms with Crippen LogP contribution in [-0.2, 0) is 23.7 Å². The summed E-state index contributed by atoms with van der Waals surface area (Å²) in [6.07, 6.45) is 0.841. The molecule has 0 saturated carbocycles. The largest absolute Gasteiger partial charge is 0.505 e. The first kappa shape index (κ1) is 34.2. The van der Waals surface area contributed by atoms with Crippen LogP contribution in [0.1, 0.15) is 71.1 Å². The van der Waals surface area contributed by atoms with E-state index in [0.717, 1.165) is 19.3 Å². The van der Waals surface area contributed by atoms with Crippen molar-refractivity contribution < 1.29 is 64.6 Å². The molecule has 0 aromatic rings. The number of carbonyl (C=O) groups is 1. The molecule has 2 unspecified atom stereocenters. The Labute approximate surface area is 234 Å². The van der Waals surface area contributed by atoms with Crippen LogP contribution in [-0.4, -0.2) is 115 Å². The fraction of sp³-hybridized carbons (Fsp3) is 0.815. The van der Waals surface area contributed by atoms with Crippen molar-refractivity contribution in [2.45, 2.75) is 120 Å². The maximum absolute atomic E-state index is 12.4. The second-order valence-corrected chi connectivity index (χ2v) is 10.3. The Morgan fingerprint density at radius 2 is 1.62 bits per heavy atom. The zero-order chi connectivity index (χ0) is 29.7. The van der Waals surface area contributed by atoms with Gasteiger partial charge in [-0.15, -0.1) is 0 Å². The molecule has 1 fully saturated rings. The molecule has 0 spiro atoms. The van der Waals surface area contributed by atoms with Crippen LogP contribution in [0.4, 0.5) is 0 Å². The zero-order valence-corrected chi connectivity index (χ0v) is 23.0. The topological polar surface area (TPSA) is 216 Å². The van der Waals surface area contributed by atoms with E-state index in [-0.39, 0.29) is 6.61 Å². The molecule has 8 atom stereocenters. The van der Waals surface area contributed by atoms with Crippen LogP contribution < -0.4 is 0 Å². The van der Waals surface area contributed by atoms with Crippen molar-refractivity contribution in [2.24, 2.45) is 0 Å². The van der Waals surface area contributed by atoms with E-state index < -0.39 is 85.6 Å². The first-order valence-corrected chi connectivity index (χ1v) is 14.0. The fourth-order valence-electron chi connectivity index (χ4n) is 4.65. The highest BCUT2D eigenvalue weighted by molar-refractivity contribution is 5.89. The third-order valence-corrected chi connectivity index (χ3v) is 7.00. The van der Waals surface area contributed by atoms with Gasteiger partial charge in [0.25, 0.3) is 0 Å². The summed E-state index contributed by atoms with van der Waals surface area (Å²) in [5.74, 6) is -5.56. The average Bonchev–Trinajstić information content (AvgIpc) is 3.22. The number of ether oxygens (including phenoxy) is 4. The molecule has 0 bridgehead atoms. The zero-order valence-electron chi connectivity index (χ0n) is 23.0. The number of cyclic esters (lactones) is 1. The van der Waals surface area contributed by atoms with Crippen molar-refractivity contribution in [2.75, 3.05) is 19.8 Å². The van der Waals surface area contributed by atoms with Crippen LogP contribution in [0, 0.1) is 0 Å². The van der Waals surface area contributed by atoms with Crippen LogP contribution in [0.15, 0.2) is 23.9 Å². The fourth-order valence-corrected chi connectivity index (χ4v) is 4.65. The van der Waals surface area contributed by atoms with Gasteiger partial charge < -0.3 is 59.8 Å². The standard InChI is InChI=1S/C27H46O13/c1-2-3-4-5-6-7-8-9-10-11-12-37-16-19-20(32)21(33)25(35)27(39-19,13-17(30)14-28)40-24-22(34)23(18(31)15-29)38-26(24)36/h11-12,17-21,23,25,28-35H,2-10,13-16H2,1H3/t17?,18-,19+,20+,21-,23+,25+,27?/m0/s1. The molecule has 2 aliphatic rings. The van der Waals surface area contributed by atoms with Gasteiger partial charge in [-0.1, -0.05) is 51.9 Å². The van der Waals surface area contributed by atoms with Crippen LogP contribution in [0.2, 0.25) is 0 Å². The summed E-state index contributed by atoms with van der Waals surface area (Å²) in [7, 11) is 0. The second-order valence-electron chi connectivity index (χ2n) is 10.3. The number of hydrogen-bond donors (Lipinski definition) is 8. The summed E-state index contributed by atoms with van der Waals surface area (Å²) < 4.78 is 21.5. The van der Waals surface area contributed by atoms with Crippen molar-refractivity contribution in [3.63, 3.8) is 0 Å². The molecule has 0 aliphatic carbocycles. The molecule has 2 aliphatic heterocycles. The molecule has 2 rings (SSSR count). The van der Waals surface area contributed by atoms with E-state index in [4.69, 9.17) is 24.1 Å². The van der Waals surface area contributed by atoms with E-state index >= 15 is 0 Å². The first-order chi connectivity index (χ1) is 19.1. The van der Waals surface area contributed by atoms with Crippen LogP contribution >= 0.6 is 0 Å². The maximum Gasteiger partial charge on any atom is 0.378 e. The van der Waals surface area contributed by atoms with E-state index in [0.29, 0.717) is 0 Å². The molecule has 1 saturated heterocycles. The minimum Gasteiger partial charge on any atom is -0.505 e. The Morgan fingerprint density at radius 1 is 0.975 bits per heavy atom. The quantitative estimate of drug-likeness (QED) is 0.0577. The predicted molar refractivity (Wildman–Crippen MR) is 139 cm³/mol. The summed E-state index contributed by atoms with van der Waals surface area (Å²) in [5, 5.41) is 80.7. The highest BCUT2D eigenvalue weighted by Crippen LogP contribution is 2.39. The molecule has 13 heteroatoms. The minimum atomic E-state index is -2.46. The Hall–Kier alpha value is -1.97. The summed E-state index contributed by atoms with van der Waals surface area (Å²) in [5.41, 5.74) is 0. The lowest BCUT2D eigenvalue weighted by atomic mass is 9.89. The lowest BCUT2D eigenvalue weighted by Crippen LogP contribution is -2.67. The van der Waals surface area contributed by atoms with E-state index in [1.54, 1.807) is 6.08 Å². The SMILES string of the molecule is CCCCCCCCCCC=COC[C@H]1OC(CC(O)CO)(OC2=C(O)[C@@H]([C@@H](O)CO)OC2=O)[C@H](O)[C@@H](O)[C@@H]1O. The van der Waals surface area contributed by atoms with Gasteiger partial charge in [0.05, 0.1) is 25.6 Å².